The fourth-order valence-corrected chi connectivity index (χ4v) is 1.72. The van der Waals surface area contributed by atoms with E-state index in [2.05, 4.69) is 15.3 Å². The van der Waals surface area contributed by atoms with Gasteiger partial charge in [-0.1, -0.05) is 0 Å². The Morgan fingerprint density at radius 1 is 1.50 bits per heavy atom. The molecule has 2 heterocycles. The Morgan fingerprint density at radius 2 is 2.38 bits per heavy atom. The highest BCUT2D eigenvalue weighted by Crippen LogP contribution is 2.13. The van der Waals surface area contributed by atoms with Gasteiger partial charge < -0.3 is 11.1 Å². The van der Waals surface area contributed by atoms with E-state index in [1.165, 1.54) is 0 Å². The number of anilines is 2. The molecule has 2 rings (SSSR count). The summed E-state index contributed by atoms with van der Waals surface area (Å²) in [5, 5.41) is 14.7. The molecule has 0 saturated heterocycles. The fourth-order valence-electron chi connectivity index (χ4n) is 1.16. The van der Waals surface area contributed by atoms with E-state index < -0.39 is 0 Å². The summed E-state index contributed by atoms with van der Waals surface area (Å²) in [6, 6.07) is 5.34. The van der Waals surface area contributed by atoms with Crippen LogP contribution in [0.3, 0.4) is 0 Å². The molecule has 0 amide bonds. The normalized spacial score (nSPS) is 9.69. The van der Waals surface area contributed by atoms with Crippen LogP contribution in [0.5, 0.6) is 0 Å². The third-order valence-corrected chi connectivity index (χ3v) is 2.72. The number of thiazole rings is 1. The average Bonchev–Trinajstić information content (AvgIpc) is 2.81. The summed E-state index contributed by atoms with van der Waals surface area (Å²) < 4.78 is 0. The first-order chi connectivity index (χ1) is 7.79. The van der Waals surface area contributed by atoms with Crippen molar-refractivity contribution in [2.24, 2.45) is 0 Å². The first kappa shape index (κ1) is 10.4. The van der Waals surface area contributed by atoms with Gasteiger partial charge in [-0.15, -0.1) is 11.3 Å². The van der Waals surface area contributed by atoms with E-state index in [9.17, 15) is 0 Å². The second-order valence-electron chi connectivity index (χ2n) is 3.03. The maximum Gasteiger partial charge on any atom is 0.165 e. The van der Waals surface area contributed by atoms with Crippen LogP contribution >= 0.6 is 11.3 Å². The monoisotopic (exact) mass is 231 g/mol. The molecular formula is C10H9N5S. The minimum Gasteiger partial charge on any atom is -0.396 e. The molecule has 0 bridgehead atoms. The maximum absolute atomic E-state index is 8.76. The first-order valence-corrected chi connectivity index (χ1v) is 5.46. The molecule has 0 aliphatic rings. The zero-order valence-corrected chi connectivity index (χ0v) is 9.16. The minimum absolute atomic E-state index is 0.240. The van der Waals surface area contributed by atoms with E-state index in [4.69, 9.17) is 11.0 Å². The Morgan fingerprint density at radius 3 is 3.06 bits per heavy atom. The van der Waals surface area contributed by atoms with Gasteiger partial charge in [-0.2, -0.15) is 5.26 Å². The van der Waals surface area contributed by atoms with Crippen LogP contribution in [0.2, 0.25) is 0 Å². The molecule has 0 aliphatic carbocycles. The number of hydrogen-bond donors (Lipinski definition) is 2. The Bertz CT molecular complexity index is 515. The lowest BCUT2D eigenvalue weighted by Crippen LogP contribution is -2.03. The molecule has 2 aromatic rings. The van der Waals surface area contributed by atoms with E-state index in [0.29, 0.717) is 18.1 Å². The molecule has 0 radical (unpaired) electrons. The molecule has 2 aromatic heterocycles. The smallest absolute Gasteiger partial charge is 0.165 e. The zero-order chi connectivity index (χ0) is 11.4. The van der Waals surface area contributed by atoms with Crippen molar-refractivity contribution in [3.63, 3.8) is 0 Å². The molecule has 3 N–H and O–H groups in total. The van der Waals surface area contributed by atoms with Crippen molar-refractivity contribution in [2.75, 3.05) is 11.1 Å². The van der Waals surface area contributed by atoms with Gasteiger partial charge in [-0.05, 0) is 12.1 Å². The maximum atomic E-state index is 8.76. The summed E-state index contributed by atoms with van der Waals surface area (Å²) >= 11 is 1.56. The van der Waals surface area contributed by atoms with Crippen molar-refractivity contribution in [3.8, 4) is 6.07 Å². The molecule has 80 valence electrons. The van der Waals surface area contributed by atoms with Crippen molar-refractivity contribution in [2.45, 2.75) is 6.54 Å². The quantitative estimate of drug-likeness (QED) is 0.837. The number of hydrogen-bond acceptors (Lipinski definition) is 6. The predicted octanol–water partition coefficient (Wildman–Crippen LogP) is 1.60. The SMILES string of the molecule is N#Cc1nc(NCc2nccs2)ccc1N. The van der Waals surface area contributed by atoms with Crippen molar-refractivity contribution in [3.05, 3.63) is 34.4 Å². The molecule has 16 heavy (non-hydrogen) atoms. The first-order valence-electron chi connectivity index (χ1n) is 4.58. The van der Waals surface area contributed by atoms with Gasteiger partial charge in [0.2, 0.25) is 0 Å². The van der Waals surface area contributed by atoms with Crippen LogP contribution in [0, 0.1) is 11.3 Å². The van der Waals surface area contributed by atoms with Crippen molar-refractivity contribution >= 4 is 22.8 Å². The van der Waals surface area contributed by atoms with E-state index in [-0.39, 0.29) is 5.69 Å². The molecule has 0 unspecified atom stereocenters. The molecule has 0 atom stereocenters. The largest absolute Gasteiger partial charge is 0.396 e. The summed E-state index contributed by atoms with van der Waals surface area (Å²) in [4.78, 5) is 8.20. The van der Waals surface area contributed by atoms with Crippen LogP contribution in [0.1, 0.15) is 10.7 Å². The average molecular weight is 231 g/mol. The minimum atomic E-state index is 0.240. The zero-order valence-electron chi connectivity index (χ0n) is 8.34. The highest BCUT2D eigenvalue weighted by molar-refractivity contribution is 7.09. The number of nitrogens with two attached hydrogens (primary N) is 1. The summed E-state index contributed by atoms with van der Waals surface area (Å²) in [5.74, 6) is 0.626. The van der Waals surface area contributed by atoms with Crippen LogP contribution in [-0.4, -0.2) is 9.97 Å². The third-order valence-electron chi connectivity index (χ3n) is 1.94. The van der Waals surface area contributed by atoms with E-state index in [0.717, 1.165) is 5.01 Å². The number of nitrogens with one attached hydrogen (secondary N) is 1. The molecular weight excluding hydrogens is 222 g/mol. The van der Waals surface area contributed by atoms with Crippen molar-refractivity contribution in [1.29, 1.82) is 5.26 Å². The van der Waals surface area contributed by atoms with Gasteiger partial charge in [0.25, 0.3) is 0 Å². The number of nitriles is 1. The van der Waals surface area contributed by atoms with Crippen LogP contribution < -0.4 is 11.1 Å². The summed E-state index contributed by atoms with van der Waals surface area (Å²) in [6.07, 6.45) is 1.75. The molecule has 5 nitrogen and oxygen atoms in total. The summed E-state index contributed by atoms with van der Waals surface area (Å²) in [5.41, 5.74) is 6.20. The second kappa shape index (κ2) is 4.59. The lowest BCUT2D eigenvalue weighted by atomic mass is 10.3. The van der Waals surface area contributed by atoms with E-state index >= 15 is 0 Å². The topological polar surface area (TPSA) is 87.6 Å². The van der Waals surface area contributed by atoms with Gasteiger partial charge in [0.15, 0.2) is 5.69 Å². The Kier molecular flexibility index (Phi) is 2.98. The van der Waals surface area contributed by atoms with Crippen LogP contribution in [0.15, 0.2) is 23.7 Å². The molecule has 6 heteroatoms. The van der Waals surface area contributed by atoms with Crippen LogP contribution in [-0.2, 0) is 6.54 Å². The number of nitrogens with zero attached hydrogens (tertiary/aromatic N) is 3. The number of aromatic nitrogens is 2. The molecule has 0 saturated carbocycles. The number of nitrogen functional groups attached to an aromatic ring is 1. The molecule has 0 aromatic carbocycles. The van der Waals surface area contributed by atoms with Crippen LogP contribution in [0.4, 0.5) is 11.5 Å². The number of pyridine rings is 1. The molecule has 0 spiro atoms. The predicted molar refractivity (Wildman–Crippen MR) is 62.8 cm³/mol. The van der Waals surface area contributed by atoms with Gasteiger partial charge in [0.05, 0.1) is 12.2 Å². The van der Waals surface area contributed by atoms with Gasteiger partial charge in [0, 0.05) is 11.6 Å². The fraction of sp³-hybridized carbons (Fsp3) is 0.100. The highest BCUT2D eigenvalue weighted by Gasteiger charge is 2.02. The lowest BCUT2D eigenvalue weighted by molar-refractivity contribution is 1.07. The Hall–Kier alpha value is -2.13. The van der Waals surface area contributed by atoms with Gasteiger partial charge >= 0.3 is 0 Å². The summed E-state index contributed by atoms with van der Waals surface area (Å²) in [6.45, 7) is 0.597. The van der Waals surface area contributed by atoms with Gasteiger partial charge in [-0.3, -0.25) is 0 Å². The van der Waals surface area contributed by atoms with E-state index in [1.807, 2.05) is 11.4 Å². The lowest BCUT2D eigenvalue weighted by Gasteiger charge is -2.04. The Labute approximate surface area is 96.6 Å². The van der Waals surface area contributed by atoms with Gasteiger partial charge in [-0.25, -0.2) is 9.97 Å². The van der Waals surface area contributed by atoms with E-state index in [1.54, 1.807) is 29.7 Å². The molecule has 0 fully saturated rings. The summed E-state index contributed by atoms with van der Waals surface area (Å²) in [7, 11) is 0. The van der Waals surface area contributed by atoms with Gasteiger partial charge in [0.1, 0.15) is 16.9 Å². The Balaban J connectivity index is 2.08. The highest BCUT2D eigenvalue weighted by atomic mass is 32.1. The third kappa shape index (κ3) is 2.27. The number of rotatable bonds is 3. The standard InChI is InChI=1S/C10H9N5S/c11-5-8-7(12)1-2-9(15-8)14-6-10-13-3-4-16-10/h1-4H,6,12H2,(H,14,15). The molecule has 0 aliphatic heterocycles. The van der Waals surface area contributed by atoms with Crippen molar-refractivity contribution in [1.82, 2.24) is 9.97 Å². The van der Waals surface area contributed by atoms with Crippen LogP contribution in [0.25, 0.3) is 0 Å². The van der Waals surface area contributed by atoms with Crippen molar-refractivity contribution < 1.29 is 0 Å². The second-order valence-corrected chi connectivity index (χ2v) is 4.00.